The number of nitrogens with zero attached hydrogens (tertiary/aromatic N) is 1. The first-order valence-corrected chi connectivity index (χ1v) is 5.94. The minimum absolute atomic E-state index is 0.126. The molecule has 102 valence electrons. The maximum Gasteiger partial charge on any atom is 0.418 e. The average Bonchev–Trinajstić information content (AvgIpc) is 2.59. The van der Waals surface area contributed by atoms with E-state index >= 15 is 0 Å². The Labute approximate surface area is 108 Å². The molecule has 1 aromatic rings. The lowest BCUT2D eigenvalue weighted by Gasteiger charge is -2.20. The van der Waals surface area contributed by atoms with Gasteiger partial charge in [0.15, 0.2) is 0 Å². The number of anilines is 1. The second kappa shape index (κ2) is 4.68. The highest BCUT2D eigenvalue weighted by atomic mass is 19.4. The van der Waals surface area contributed by atoms with E-state index in [0.29, 0.717) is 6.42 Å². The number of hydrogen-bond donors (Lipinski definition) is 0. The molecule has 0 saturated carbocycles. The lowest BCUT2D eigenvalue weighted by atomic mass is 10.1. The van der Waals surface area contributed by atoms with Crippen LogP contribution in [0.4, 0.5) is 18.9 Å². The fraction of sp³-hybridized carbons (Fsp3) is 0.385. The second-order valence-corrected chi connectivity index (χ2v) is 4.34. The van der Waals surface area contributed by atoms with Crippen LogP contribution in [-0.4, -0.2) is 18.2 Å². The molecule has 2 rings (SSSR count). The third kappa shape index (κ3) is 2.22. The van der Waals surface area contributed by atoms with Crippen LogP contribution in [0.2, 0.25) is 0 Å². The molecule has 19 heavy (non-hydrogen) atoms. The van der Waals surface area contributed by atoms with Crippen molar-refractivity contribution in [2.45, 2.75) is 25.9 Å². The van der Waals surface area contributed by atoms with Crippen LogP contribution in [0.15, 0.2) is 18.2 Å². The summed E-state index contributed by atoms with van der Waals surface area (Å²) >= 11 is 0. The summed E-state index contributed by atoms with van der Waals surface area (Å²) in [6.07, 6.45) is -3.31. The van der Waals surface area contributed by atoms with Crippen LogP contribution in [0, 0.1) is 0 Å². The minimum atomic E-state index is -4.58. The maximum absolute atomic E-state index is 12.9. The molecule has 1 heterocycles. The largest absolute Gasteiger partial charge is 0.418 e. The third-order valence-electron chi connectivity index (χ3n) is 3.03. The van der Waals surface area contributed by atoms with Gasteiger partial charge in [-0.25, -0.2) is 0 Å². The van der Waals surface area contributed by atoms with Crippen molar-refractivity contribution in [1.82, 2.24) is 0 Å². The molecule has 1 aromatic carbocycles. The summed E-state index contributed by atoms with van der Waals surface area (Å²) in [5, 5.41) is 0. The van der Waals surface area contributed by atoms with Gasteiger partial charge in [0.2, 0.25) is 0 Å². The van der Waals surface area contributed by atoms with Crippen LogP contribution < -0.4 is 4.90 Å². The number of benzene rings is 1. The van der Waals surface area contributed by atoms with Gasteiger partial charge in [-0.15, -0.1) is 0 Å². The number of Topliss-reactive ketones (excluding diaryl/α,β-unsaturated/α-hetero) is 1. The first-order chi connectivity index (χ1) is 8.88. The topological polar surface area (TPSA) is 37.4 Å². The lowest BCUT2D eigenvalue weighted by molar-refractivity contribution is -0.137. The predicted octanol–water partition coefficient (Wildman–Crippen LogP) is 3.03. The Morgan fingerprint density at radius 3 is 2.47 bits per heavy atom. The Kier molecular flexibility index (Phi) is 3.34. The molecular formula is C13H12F3NO2. The number of rotatable bonds is 3. The van der Waals surface area contributed by atoms with Gasteiger partial charge in [-0.3, -0.25) is 9.59 Å². The first kappa shape index (κ1) is 13.6. The van der Waals surface area contributed by atoms with Crippen molar-refractivity contribution in [2.24, 2.45) is 0 Å². The second-order valence-electron chi connectivity index (χ2n) is 4.34. The van der Waals surface area contributed by atoms with Gasteiger partial charge in [-0.05, 0) is 18.6 Å². The summed E-state index contributed by atoms with van der Waals surface area (Å²) in [6, 6.07) is 3.30. The number of carbonyl (C=O) groups is 2. The normalized spacial score (nSPS) is 15.1. The molecule has 0 aromatic heterocycles. The van der Waals surface area contributed by atoms with Crippen LogP contribution in [0.5, 0.6) is 0 Å². The molecule has 0 atom stereocenters. The zero-order chi connectivity index (χ0) is 14.2. The number of alkyl halides is 3. The first-order valence-electron chi connectivity index (χ1n) is 5.94. The van der Waals surface area contributed by atoms with Gasteiger partial charge in [-0.2, -0.15) is 13.2 Å². The van der Waals surface area contributed by atoms with Gasteiger partial charge in [0.05, 0.1) is 16.8 Å². The molecule has 0 aliphatic carbocycles. The molecule has 0 N–H and O–H groups in total. The third-order valence-corrected chi connectivity index (χ3v) is 3.03. The molecular weight excluding hydrogens is 259 g/mol. The number of unbranched alkanes of at least 4 members (excludes halogenated alkanes) is 1. The molecule has 1 amide bonds. The Morgan fingerprint density at radius 1 is 1.21 bits per heavy atom. The van der Waals surface area contributed by atoms with Crippen molar-refractivity contribution in [3.63, 3.8) is 0 Å². The molecule has 0 fully saturated rings. The summed E-state index contributed by atoms with van der Waals surface area (Å²) in [4.78, 5) is 24.4. The van der Waals surface area contributed by atoms with Crippen LogP contribution in [0.1, 0.15) is 35.7 Å². The van der Waals surface area contributed by atoms with E-state index in [-0.39, 0.29) is 17.8 Å². The summed E-state index contributed by atoms with van der Waals surface area (Å²) in [5.74, 6) is -1.74. The molecule has 0 spiro atoms. The number of carbonyl (C=O) groups excluding carboxylic acids is 2. The molecule has 0 bridgehead atoms. The predicted molar refractivity (Wildman–Crippen MR) is 63.0 cm³/mol. The van der Waals surface area contributed by atoms with Crippen molar-refractivity contribution >= 4 is 17.4 Å². The smallest absolute Gasteiger partial charge is 0.304 e. The van der Waals surface area contributed by atoms with Crippen molar-refractivity contribution < 1.29 is 22.8 Å². The van der Waals surface area contributed by atoms with Crippen molar-refractivity contribution in [1.29, 1.82) is 0 Å². The summed E-state index contributed by atoms with van der Waals surface area (Å²) < 4.78 is 38.8. The molecule has 3 nitrogen and oxygen atoms in total. The van der Waals surface area contributed by atoms with Crippen molar-refractivity contribution in [3.05, 3.63) is 29.3 Å². The number of amides is 1. The number of hydrogen-bond acceptors (Lipinski definition) is 2. The Balaban J connectivity index is 2.55. The highest BCUT2D eigenvalue weighted by molar-refractivity contribution is 6.52. The van der Waals surface area contributed by atoms with E-state index in [1.165, 1.54) is 6.07 Å². The fourth-order valence-electron chi connectivity index (χ4n) is 2.12. The van der Waals surface area contributed by atoms with Crippen LogP contribution >= 0.6 is 0 Å². The van der Waals surface area contributed by atoms with Crippen molar-refractivity contribution in [3.8, 4) is 0 Å². The molecule has 0 unspecified atom stereocenters. The van der Waals surface area contributed by atoms with E-state index in [4.69, 9.17) is 0 Å². The molecule has 0 saturated heterocycles. The van der Waals surface area contributed by atoms with Gasteiger partial charge in [0, 0.05) is 6.54 Å². The number of para-hydroxylation sites is 1. The zero-order valence-electron chi connectivity index (χ0n) is 10.3. The van der Waals surface area contributed by atoms with Crippen LogP contribution in [0.3, 0.4) is 0 Å². The molecule has 6 heteroatoms. The van der Waals surface area contributed by atoms with E-state index in [1.54, 1.807) is 0 Å². The number of halogens is 3. The monoisotopic (exact) mass is 271 g/mol. The molecule has 1 aliphatic heterocycles. The summed E-state index contributed by atoms with van der Waals surface area (Å²) in [5.41, 5.74) is -1.38. The Bertz CT molecular complexity index is 537. The van der Waals surface area contributed by atoms with Crippen molar-refractivity contribution in [2.75, 3.05) is 11.4 Å². The highest BCUT2D eigenvalue weighted by Gasteiger charge is 2.43. The molecule has 0 radical (unpaired) electrons. The summed E-state index contributed by atoms with van der Waals surface area (Å²) in [6.45, 7) is 1.99. The van der Waals surface area contributed by atoms with Gasteiger partial charge < -0.3 is 4.90 Å². The minimum Gasteiger partial charge on any atom is -0.304 e. The average molecular weight is 271 g/mol. The Hall–Kier alpha value is -1.85. The standard InChI is InChI=1S/C13H12F3NO2/c1-2-3-7-17-10-8(11(18)12(17)19)5-4-6-9(10)13(14,15)16/h4-6H,2-3,7H2,1H3. The van der Waals surface area contributed by atoms with Crippen LogP contribution in [-0.2, 0) is 11.0 Å². The number of fused-ring (bicyclic) bond motifs is 1. The van der Waals surface area contributed by atoms with Gasteiger partial charge >= 0.3 is 6.18 Å². The van der Waals surface area contributed by atoms with E-state index in [9.17, 15) is 22.8 Å². The van der Waals surface area contributed by atoms with Gasteiger partial charge in [0.25, 0.3) is 11.7 Å². The quantitative estimate of drug-likeness (QED) is 0.792. The van der Waals surface area contributed by atoms with Gasteiger partial charge in [0.1, 0.15) is 0 Å². The zero-order valence-corrected chi connectivity index (χ0v) is 10.3. The Morgan fingerprint density at radius 2 is 1.89 bits per heavy atom. The van der Waals surface area contributed by atoms with E-state index in [0.717, 1.165) is 23.5 Å². The van der Waals surface area contributed by atoms with E-state index < -0.39 is 23.4 Å². The lowest BCUT2D eigenvalue weighted by Crippen LogP contribution is -2.31. The highest BCUT2D eigenvalue weighted by Crippen LogP contribution is 2.41. The maximum atomic E-state index is 12.9. The van der Waals surface area contributed by atoms with E-state index in [2.05, 4.69) is 0 Å². The van der Waals surface area contributed by atoms with Crippen LogP contribution in [0.25, 0.3) is 0 Å². The summed E-state index contributed by atoms with van der Waals surface area (Å²) in [7, 11) is 0. The van der Waals surface area contributed by atoms with E-state index in [1.807, 2.05) is 6.92 Å². The number of ketones is 1. The fourth-order valence-corrected chi connectivity index (χ4v) is 2.12. The van der Waals surface area contributed by atoms with Gasteiger partial charge in [-0.1, -0.05) is 19.4 Å². The SMILES string of the molecule is CCCCN1C(=O)C(=O)c2cccc(C(F)(F)F)c21. The molecule has 1 aliphatic rings.